The maximum Gasteiger partial charge on any atom is 0.265 e. The molecule has 2 aliphatic rings. The number of amides is 4. The van der Waals surface area contributed by atoms with E-state index in [9.17, 15) is 24.3 Å². The summed E-state index contributed by atoms with van der Waals surface area (Å²) < 4.78 is 0. The molecular formula is C17H12N2O5. The van der Waals surface area contributed by atoms with Gasteiger partial charge in [0.25, 0.3) is 11.8 Å². The van der Waals surface area contributed by atoms with Gasteiger partial charge in [-0.05, 0) is 23.9 Å². The summed E-state index contributed by atoms with van der Waals surface area (Å²) in [6, 6.07) is 6.92. The van der Waals surface area contributed by atoms with Gasteiger partial charge in [-0.25, -0.2) is 0 Å². The first-order valence-electron chi connectivity index (χ1n) is 7.45. The second kappa shape index (κ2) is 4.89. The number of phenols is 1. The van der Waals surface area contributed by atoms with Gasteiger partial charge in [-0.15, -0.1) is 0 Å². The number of benzene rings is 2. The van der Waals surface area contributed by atoms with Gasteiger partial charge in [0.15, 0.2) is 0 Å². The molecule has 2 heterocycles. The third-order valence-electron chi connectivity index (χ3n) is 4.43. The highest BCUT2D eigenvalue weighted by Crippen LogP contribution is 2.36. The monoisotopic (exact) mass is 324 g/mol. The normalized spacial score (nSPS) is 20.5. The van der Waals surface area contributed by atoms with Crippen molar-refractivity contribution in [3.8, 4) is 5.75 Å². The van der Waals surface area contributed by atoms with Crippen LogP contribution in [0.25, 0.3) is 10.8 Å². The predicted octanol–water partition coefficient (Wildman–Crippen LogP) is 0.947. The second-order valence-corrected chi connectivity index (χ2v) is 5.81. The molecule has 1 atom stereocenters. The summed E-state index contributed by atoms with van der Waals surface area (Å²) in [5, 5.41) is 13.3. The molecule has 0 aromatic heterocycles. The van der Waals surface area contributed by atoms with E-state index in [2.05, 4.69) is 5.32 Å². The molecule has 2 aliphatic heterocycles. The molecule has 4 amide bonds. The van der Waals surface area contributed by atoms with Crippen LogP contribution in [-0.4, -0.2) is 39.7 Å². The molecule has 2 aromatic rings. The fraction of sp³-hybridized carbons (Fsp3) is 0.176. The Labute approximate surface area is 135 Å². The maximum absolute atomic E-state index is 12.8. The lowest BCUT2D eigenvalue weighted by Gasteiger charge is -2.34. The first-order valence-corrected chi connectivity index (χ1v) is 7.45. The van der Waals surface area contributed by atoms with Gasteiger partial charge in [0.1, 0.15) is 11.8 Å². The molecule has 0 radical (unpaired) electrons. The number of piperidine rings is 1. The van der Waals surface area contributed by atoms with Gasteiger partial charge in [-0.2, -0.15) is 0 Å². The lowest BCUT2D eigenvalue weighted by Crippen LogP contribution is -2.57. The van der Waals surface area contributed by atoms with Crippen LogP contribution in [0.4, 0.5) is 0 Å². The molecule has 0 spiro atoms. The van der Waals surface area contributed by atoms with Gasteiger partial charge in [-0.3, -0.25) is 29.4 Å². The van der Waals surface area contributed by atoms with E-state index < -0.39 is 29.7 Å². The minimum atomic E-state index is -1.06. The van der Waals surface area contributed by atoms with Crippen molar-refractivity contribution in [2.75, 3.05) is 0 Å². The highest BCUT2D eigenvalue weighted by atomic mass is 16.3. The van der Waals surface area contributed by atoms with Crippen molar-refractivity contribution in [3.63, 3.8) is 0 Å². The SMILES string of the molecule is O=C1CCC(N2C(=O)c3cccc4ccc(O)c(c34)C2=O)C(=O)N1. The van der Waals surface area contributed by atoms with Crippen molar-refractivity contribution in [2.45, 2.75) is 18.9 Å². The van der Waals surface area contributed by atoms with Gasteiger partial charge in [-0.1, -0.05) is 18.2 Å². The molecule has 0 saturated carbocycles. The van der Waals surface area contributed by atoms with Crippen LogP contribution in [0.2, 0.25) is 0 Å². The second-order valence-electron chi connectivity index (χ2n) is 5.81. The van der Waals surface area contributed by atoms with Crippen molar-refractivity contribution in [3.05, 3.63) is 41.5 Å². The van der Waals surface area contributed by atoms with Crippen molar-refractivity contribution >= 4 is 34.4 Å². The lowest BCUT2D eigenvalue weighted by molar-refractivity contribution is -0.136. The number of carbonyl (C=O) groups excluding carboxylic acids is 4. The molecule has 0 bridgehead atoms. The largest absolute Gasteiger partial charge is 0.507 e. The average molecular weight is 324 g/mol. The van der Waals surface area contributed by atoms with E-state index in [1.807, 2.05) is 0 Å². The van der Waals surface area contributed by atoms with Crippen LogP contribution in [0, 0.1) is 0 Å². The Morgan fingerprint density at radius 3 is 2.58 bits per heavy atom. The van der Waals surface area contributed by atoms with E-state index in [-0.39, 0.29) is 29.7 Å². The highest BCUT2D eigenvalue weighted by Gasteiger charge is 2.43. The number of rotatable bonds is 1. The van der Waals surface area contributed by atoms with Gasteiger partial charge >= 0.3 is 0 Å². The molecule has 120 valence electrons. The average Bonchev–Trinajstić information content (AvgIpc) is 2.55. The van der Waals surface area contributed by atoms with Gasteiger partial charge < -0.3 is 5.11 Å². The highest BCUT2D eigenvalue weighted by molar-refractivity contribution is 6.27. The summed E-state index contributed by atoms with van der Waals surface area (Å²) in [4.78, 5) is 49.9. The van der Waals surface area contributed by atoms with Crippen LogP contribution in [-0.2, 0) is 9.59 Å². The first-order chi connectivity index (χ1) is 11.5. The van der Waals surface area contributed by atoms with Crippen LogP contribution >= 0.6 is 0 Å². The summed E-state index contributed by atoms with van der Waals surface area (Å²) in [5.41, 5.74) is 0.259. The fourth-order valence-electron chi connectivity index (χ4n) is 3.32. The smallest absolute Gasteiger partial charge is 0.265 e. The third kappa shape index (κ3) is 1.84. The fourth-order valence-corrected chi connectivity index (χ4v) is 3.32. The molecule has 1 unspecified atom stereocenters. The lowest BCUT2D eigenvalue weighted by atomic mass is 9.91. The molecular weight excluding hydrogens is 312 g/mol. The summed E-state index contributed by atoms with van der Waals surface area (Å²) in [6.45, 7) is 0. The summed E-state index contributed by atoms with van der Waals surface area (Å²) >= 11 is 0. The maximum atomic E-state index is 12.8. The zero-order chi connectivity index (χ0) is 17.0. The van der Waals surface area contributed by atoms with Crippen LogP contribution in [0.1, 0.15) is 33.6 Å². The van der Waals surface area contributed by atoms with Crippen LogP contribution in [0.3, 0.4) is 0 Å². The van der Waals surface area contributed by atoms with E-state index in [0.717, 1.165) is 4.90 Å². The number of carbonyl (C=O) groups is 4. The molecule has 1 saturated heterocycles. The molecule has 1 fully saturated rings. The minimum Gasteiger partial charge on any atom is -0.507 e. The van der Waals surface area contributed by atoms with Gasteiger partial charge in [0, 0.05) is 17.4 Å². The Morgan fingerprint density at radius 2 is 1.83 bits per heavy atom. The van der Waals surface area contributed by atoms with E-state index in [4.69, 9.17) is 0 Å². The standard InChI is InChI=1S/C17H12N2O5/c20-11-6-4-8-2-1-3-9-13(8)14(11)17(24)19(16(9)23)10-5-7-12(21)18-15(10)22/h1-4,6,10,20H,5,7H2,(H,18,21,22). The molecule has 2 N–H and O–H groups in total. The molecule has 24 heavy (non-hydrogen) atoms. The van der Waals surface area contributed by atoms with Crippen molar-refractivity contribution in [1.29, 1.82) is 0 Å². The topological polar surface area (TPSA) is 104 Å². The molecule has 2 aromatic carbocycles. The minimum absolute atomic E-state index is 0.00685. The van der Waals surface area contributed by atoms with Crippen LogP contribution < -0.4 is 5.32 Å². The Hall–Kier alpha value is -3.22. The Balaban J connectivity index is 1.90. The number of hydrogen-bond acceptors (Lipinski definition) is 5. The van der Waals surface area contributed by atoms with E-state index >= 15 is 0 Å². The molecule has 7 heteroatoms. The van der Waals surface area contributed by atoms with Gasteiger partial charge in [0.05, 0.1) is 5.56 Å². The number of hydrogen-bond donors (Lipinski definition) is 2. The van der Waals surface area contributed by atoms with Crippen LogP contribution in [0.5, 0.6) is 5.75 Å². The zero-order valence-corrected chi connectivity index (χ0v) is 12.4. The zero-order valence-electron chi connectivity index (χ0n) is 12.4. The van der Waals surface area contributed by atoms with Gasteiger partial charge in [0.2, 0.25) is 11.8 Å². The van der Waals surface area contributed by atoms with E-state index in [1.165, 1.54) is 6.07 Å². The summed E-state index contributed by atoms with van der Waals surface area (Å²) in [6.07, 6.45) is 0.117. The Bertz CT molecular complexity index is 949. The quantitative estimate of drug-likeness (QED) is 0.760. The third-order valence-corrected chi connectivity index (χ3v) is 4.43. The Morgan fingerprint density at radius 1 is 1.04 bits per heavy atom. The molecule has 0 aliphatic carbocycles. The predicted molar refractivity (Wildman–Crippen MR) is 82.3 cm³/mol. The van der Waals surface area contributed by atoms with E-state index in [1.54, 1.807) is 24.3 Å². The van der Waals surface area contributed by atoms with Crippen molar-refractivity contribution < 1.29 is 24.3 Å². The molecule has 7 nitrogen and oxygen atoms in total. The summed E-state index contributed by atoms with van der Waals surface area (Å²) in [5.74, 6) is -2.68. The van der Waals surface area contributed by atoms with Crippen LogP contribution in [0.15, 0.2) is 30.3 Å². The number of phenolic OH excluding ortho intramolecular Hbond substituents is 1. The Kier molecular flexibility index (Phi) is 2.93. The number of nitrogens with zero attached hydrogens (tertiary/aromatic N) is 1. The van der Waals surface area contributed by atoms with E-state index in [0.29, 0.717) is 10.8 Å². The molecule has 4 rings (SSSR count). The van der Waals surface area contributed by atoms with Crippen molar-refractivity contribution in [2.24, 2.45) is 0 Å². The summed E-state index contributed by atoms with van der Waals surface area (Å²) in [7, 11) is 0. The number of aromatic hydroxyl groups is 1. The number of imide groups is 2. The number of nitrogens with one attached hydrogen (secondary N) is 1. The van der Waals surface area contributed by atoms with Crippen molar-refractivity contribution in [1.82, 2.24) is 10.2 Å². The first kappa shape index (κ1) is 14.4.